The zero-order valence-corrected chi connectivity index (χ0v) is 45.6. The molecule has 2 heterocycles. The van der Waals surface area contributed by atoms with Gasteiger partial charge in [-0.3, -0.25) is 0 Å². The molecule has 0 atom stereocenters. The van der Waals surface area contributed by atoms with E-state index in [1.807, 2.05) is 69.2 Å². The Balaban J connectivity index is 0.000000827. The van der Waals surface area contributed by atoms with Crippen LogP contribution < -0.4 is 0 Å². The van der Waals surface area contributed by atoms with Crippen molar-refractivity contribution in [3.63, 3.8) is 0 Å². The maximum absolute atomic E-state index is 2.37. The minimum absolute atomic E-state index is 1.02. The average molecular weight is 901 g/mol. The summed E-state index contributed by atoms with van der Waals surface area (Å²) in [7, 11) is 0. The highest BCUT2D eigenvalue weighted by Crippen LogP contribution is 2.34. The van der Waals surface area contributed by atoms with Gasteiger partial charge < -0.3 is 9.13 Å². The molecule has 0 aliphatic carbocycles. The number of aryl methyl sites for hydroxylation is 2. The van der Waals surface area contributed by atoms with Gasteiger partial charge in [-0.25, -0.2) is 0 Å². The number of benzene rings is 8. The van der Waals surface area contributed by atoms with Crippen LogP contribution in [0.4, 0.5) is 0 Å². The molecular weight excluding hydrogens is 809 g/mol. The fourth-order valence-electron chi connectivity index (χ4n) is 7.55. The number of nitrogens with zero attached hydrogens (tertiary/aromatic N) is 2. The standard InChI is InChI=1S/C18H12.2C14H13N.3C3H8.5C2H6/c1-2-8-14-13(7-1)15-9-3-4-11-17(15)18-12-6-5-10-16(14)18;2*1-2-15-13-9-5-3-7-11(13)12-8-4-6-10-14(12)15;3*1-3-2;5*1-2/h1-12H;2*3-10H,2H2,1H3;3*3H2,1-2H3;5*1-2H3. The van der Waals surface area contributed by atoms with Gasteiger partial charge in [0.25, 0.3) is 0 Å². The first-order valence-corrected chi connectivity index (χ1v) is 26.2. The fraction of sp³-hybridized carbons (Fsp3) is 0.354. The van der Waals surface area contributed by atoms with Gasteiger partial charge in [-0.2, -0.15) is 0 Å². The molecule has 362 valence electrons. The summed E-state index contributed by atoms with van der Waals surface area (Å²) in [5.74, 6) is 0. The topological polar surface area (TPSA) is 9.86 Å². The van der Waals surface area contributed by atoms with Crippen molar-refractivity contribution < 1.29 is 0 Å². The van der Waals surface area contributed by atoms with E-state index in [1.54, 1.807) is 0 Å². The second-order valence-electron chi connectivity index (χ2n) is 14.3. The van der Waals surface area contributed by atoms with Crippen molar-refractivity contribution in [1.82, 2.24) is 9.13 Å². The molecular formula is C65H92N2. The van der Waals surface area contributed by atoms with Crippen LogP contribution in [0, 0.1) is 0 Å². The van der Waals surface area contributed by atoms with Crippen molar-refractivity contribution in [2.24, 2.45) is 0 Å². The first-order chi connectivity index (χ1) is 33.0. The van der Waals surface area contributed by atoms with Gasteiger partial charge >= 0.3 is 0 Å². The Bertz CT molecular complexity index is 2320. The van der Waals surface area contributed by atoms with Crippen molar-refractivity contribution in [3.8, 4) is 0 Å². The molecule has 0 unspecified atom stereocenters. The van der Waals surface area contributed by atoms with Gasteiger partial charge in [-0.15, -0.1) is 0 Å². The van der Waals surface area contributed by atoms with E-state index < -0.39 is 0 Å². The molecule has 0 spiro atoms. The van der Waals surface area contributed by atoms with Crippen LogP contribution in [0.25, 0.3) is 75.9 Å². The van der Waals surface area contributed by atoms with E-state index in [0.29, 0.717) is 0 Å². The van der Waals surface area contributed by atoms with Crippen molar-refractivity contribution >= 4 is 75.9 Å². The largest absolute Gasteiger partial charge is 0.341 e. The van der Waals surface area contributed by atoms with Crippen LogP contribution in [0.3, 0.4) is 0 Å². The summed E-state index contributed by atoms with van der Waals surface area (Å²) in [6.45, 7) is 39.2. The molecule has 10 rings (SSSR count). The number of fused-ring (bicyclic) bond motifs is 12. The van der Waals surface area contributed by atoms with E-state index >= 15 is 0 Å². The third-order valence-corrected chi connectivity index (χ3v) is 9.64. The Morgan fingerprint density at radius 2 is 0.328 bits per heavy atom. The lowest BCUT2D eigenvalue weighted by Gasteiger charge is -2.09. The van der Waals surface area contributed by atoms with Crippen molar-refractivity contribution in [2.45, 2.75) is 157 Å². The van der Waals surface area contributed by atoms with Crippen LogP contribution in [0.1, 0.15) is 144 Å². The summed E-state index contributed by atoms with van der Waals surface area (Å²) in [4.78, 5) is 0. The summed E-state index contributed by atoms with van der Waals surface area (Å²) >= 11 is 0. The van der Waals surface area contributed by atoms with Crippen LogP contribution in [0.5, 0.6) is 0 Å². The van der Waals surface area contributed by atoms with Gasteiger partial charge in [0.1, 0.15) is 0 Å². The lowest BCUT2D eigenvalue weighted by atomic mass is 9.95. The van der Waals surface area contributed by atoms with E-state index in [9.17, 15) is 0 Å². The molecule has 10 aromatic rings. The normalized spacial score (nSPS) is 9.34. The molecule has 0 N–H and O–H groups in total. The molecule has 0 saturated carbocycles. The van der Waals surface area contributed by atoms with E-state index in [0.717, 1.165) is 13.1 Å². The summed E-state index contributed by atoms with van der Waals surface area (Å²) in [6, 6.07) is 60.4. The van der Waals surface area contributed by atoms with E-state index in [4.69, 9.17) is 0 Å². The number of rotatable bonds is 2. The van der Waals surface area contributed by atoms with Crippen molar-refractivity contribution in [2.75, 3.05) is 0 Å². The van der Waals surface area contributed by atoms with Gasteiger partial charge in [0, 0.05) is 56.7 Å². The SMILES string of the molecule is CC.CC.CC.CC.CC.CCC.CCC.CCC.CCn1c2ccccc2c2ccccc21.CCn1c2ccccc2c2ccccc21.c1ccc2c(c1)c1ccccc1c1ccccc21. The van der Waals surface area contributed by atoms with Crippen LogP contribution in [-0.2, 0) is 13.1 Å². The Hall–Kier alpha value is -5.86. The highest BCUT2D eigenvalue weighted by atomic mass is 15.0. The molecule has 0 radical (unpaired) electrons. The number of hydrogen-bond acceptors (Lipinski definition) is 0. The Labute approximate surface area is 410 Å². The summed E-state index contributed by atoms with van der Waals surface area (Å²) in [5.41, 5.74) is 5.34. The van der Waals surface area contributed by atoms with Gasteiger partial charge in [-0.1, -0.05) is 276 Å². The Kier molecular flexibility index (Phi) is 34.0. The first kappa shape index (κ1) is 61.1. The highest BCUT2D eigenvalue weighted by molar-refractivity contribution is 6.25. The molecule has 0 bridgehead atoms. The second kappa shape index (κ2) is 37.3. The third kappa shape index (κ3) is 16.5. The zero-order valence-electron chi connectivity index (χ0n) is 45.6. The number of para-hydroxylation sites is 4. The minimum Gasteiger partial charge on any atom is -0.341 e. The summed E-state index contributed by atoms with van der Waals surface area (Å²) in [6.07, 6.45) is 3.75. The first-order valence-electron chi connectivity index (χ1n) is 26.2. The zero-order chi connectivity index (χ0) is 50.6. The minimum atomic E-state index is 1.02. The molecule has 2 aromatic heterocycles. The van der Waals surface area contributed by atoms with Crippen LogP contribution >= 0.6 is 0 Å². The molecule has 0 amide bonds. The van der Waals surface area contributed by atoms with E-state index in [-0.39, 0.29) is 0 Å². The smallest absolute Gasteiger partial charge is 0.0491 e. The van der Waals surface area contributed by atoms with E-state index in [2.05, 4.69) is 234 Å². The number of aromatic nitrogens is 2. The monoisotopic (exact) mass is 901 g/mol. The maximum Gasteiger partial charge on any atom is 0.0491 e. The predicted molar refractivity (Wildman–Crippen MR) is 314 cm³/mol. The molecule has 67 heavy (non-hydrogen) atoms. The fourth-order valence-corrected chi connectivity index (χ4v) is 7.55. The quantitative estimate of drug-likeness (QED) is 0.153. The average Bonchev–Trinajstić information content (AvgIpc) is 3.93. The number of hydrogen-bond donors (Lipinski definition) is 0. The lowest BCUT2D eigenvalue weighted by molar-refractivity contribution is 0.827. The van der Waals surface area contributed by atoms with Gasteiger partial charge in [0.2, 0.25) is 0 Å². The van der Waals surface area contributed by atoms with Crippen LogP contribution in [-0.4, -0.2) is 9.13 Å². The van der Waals surface area contributed by atoms with Crippen molar-refractivity contribution in [1.29, 1.82) is 0 Å². The lowest BCUT2D eigenvalue weighted by Crippen LogP contribution is -1.91. The Morgan fingerprint density at radius 3 is 0.463 bits per heavy atom. The third-order valence-electron chi connectivity index (χ3n) is 9.64. The Morgan fingerprint density at radius 1 is 0.209 bits per heavy atom. The van der Waals surface area contributed by atoms with Gasteiger partial charge in [-0.05, 0) is 70.4 Å². The molecule has 0 aliphatic rings. The molecule has 2 nitrogen and oxygen atoms in total. The van der Waals surface area contributed by atoms with Gasteiger partial charge in [0.15, 0.2) is 0 Å². The van der Waals surface area contributed by atoms with E-state index in [1.165, 1.54) is 95.2 Å². The van der Waals surface area contributed by atoms with Crippen molar-refractivity contribution in [3.05, 3.63) is 170 Å². The molecule has 0 aliphatic heterocycles. The molecule has 2 heteroatoms. The predicted octanol–water partition coefficient (Wildman–Crippen LogP) is 22.2. The molecule has 8 aromatic carbocycles. The summed E-state index contributed by atoms with van der Waals surface area (Å²) in [5, 5.41) is 13.5. The van der Waals surface area contributed by atoms with Crippen LogP contribution in [0.15, 0.2) is 170 Å². The van der Waals surface area contributed by atoms with Gasteiger partial charge in [0.05, 0.1) is 0 Å². The maximum atomic E-state index is 2.37. The second-order valence-corrected chi connectivity index (χ2v) is 14.3. The molecule has 0 saturated heterocycles. The van der Waals surface area contributed by atoms with Crippen LogP contribution in [0.2, 0.25) is 0 Å². The molecule has 0 fully saturated rings. The summed E-state index contributed by atoms with van der Waals surface area (Å²) < 4.78 is 4.73. The highest BCUT2D eigenvalue weighted by Gasteiger charge is 2.09.